The third-order valence-electron chi connectivity index (χ3n) is 2.98. The molecule has 1 aliphatic heterocycles. The molecule has 6 nitrogen and oxygen atoms in total. The summed E-state index contributed by atoms with van der Waals surface area (Å²) in [5, 5.41) is 18.9. The van der Waals surface area contributed by atoms with E-state index in [2.05, 4.69) is 9.73 Å². The number of esters is 1. The van der Waals surface area contributed by atoms with Gasteiger partial charge in [0.1, 0.15) is 11.3 Å². The number of aliphatic hydroxyl groups excluding tert-OH is 1. The van der Waals surface area contributed by atoms with Gasteiger partial charge in [-0.2, -0.15) is 0 Å². The van der Waals surface area contributed by atoms with Crippen LogP contribution in [0.15, 0.2) is 46.3 Å². The van der Waals surface area contributed by atoms with E-state index in [9.17, 15) is 14.7 Å². The van der Waals surface area contributed by atoms with E-state index in [1.54, 1.807) is 25.1 Å². The van der Waals surface area contributed by atoms with Gasteiger partial charge in [0.25, 0.3) is 0 Å². The largest absolute Gasteiger partial charge is 0.505 e. The summed E-state index contributed by atoms with van der Waals surface area (Å²) in [6, 6.07) is 6.07. The minimum absolute atomic E-state index is 0.0332. The molecule has 0 aromatic heterocycles. The maximum Gasteiger partial charge on any atom is 0.343 e. The molecule has 0 atom stereocenters. The lowest BCUT2D eigenvalue weighted by atomic mass is 10.1. The van der Waals surface area contributed by atoms with E-state index in [0.29, 0.717) is 11.3 Å². The fraction of sp³-hybridized carbons (Fsp3) is 0.133. The van der Waals surface area contributed by atoms with Crippen LogP contribution in [-0.4, -0.2) is 35.0 Å². The summed E-state index contributed by atoms with van der Waals surface area (Å²) in [6.45, 7) is 1.59. The van der Waals surface area contributed by atoms with E-state index in [0.717, 1.165) is 0 Å². The first-order valence-electron chi connectivity index (χ1n) is 6.06. The molecule has 2 N–H and O–H groups in total. The highest BCUT2D eigenvalue weighted by Gasteiger charge is 2.27. The maximum atomic E-state index is 11.5. The van der Waals surface area contributed by atoms with E-state index in [1.165, 1.54) is 19.2 Å². The zero-order valence-corrected chi connectivity index (χ0v) is 11.5. The van der Waals surface area contributed by atoms with Gasteiger partial charge in [-0.15, -0.1) is 0 Å². The minimum atomic E-state index is -1.01. The Morgan fingerprint density at radius 2 is 1.86 bits per heavy atom. The Labute approximate surface area is 120 Å². The van der Waals surface area contributed by atoms with Gasteiger partial charge in [-0.25, -0.2) is 14.6 Å². The summed E-state index contributed by atoms with van der Waals surface area (Å²) in [5.74, 6) is -1.92. The molecule has 6 heteroatoms. The normalized spacial score (nSPS) is 16.1. The van der Waals surface area contributed by atoms with Gasteiger partial charge in [0.05, 0.1) is 18.4 Å². The van der Waals surface area contributed by atoms with Gasteiger partial charge in [-0.1, -0.05) is 12.1 Å². The SMILES string of the molecule is COC(=O)C1=C(O)/C(=C\c2ccc(C(=O)O)cc2)N=C1C. The average Bonchev–Trinajstić information content (AvgIpc) is 2.73. The first-order valence-corrected chi connectivity index (χ1v) is 6.06. The van der Waals surface area contributed by atoms with Crippen molar-refractivity contribution in [1.29, 1.82) is 0 Å². The quantitative estimate of drug-likeness (QED) is 0.831. The molecule has 0 radical (unpaired) electrons. The number of rotatable bonds is 3. The molecule has 0 bridgehead atoms. The van der Waals surface area contributed by atoms with Crippen LogP contribution >= 0.6 is 0 Å². The second-order valence-electron chi connectivity index (χ2n) is 4.37. The molecule has 0 spiro atoms. The van der Waals surface area contributed by atoms with Crippen molar-refractivity contribution in [2.75, 3.05) is 7.11 Å². The third-order valence-corrected chi connectivity index (χ3v) is 2.98. The summed E-state index contributed by atoms with van der Waals surface area (Å²) >= 11 is 0. The molecule has 1 aliphatic rings. The lowest BCUT2D eigenvalue weighted by Crippen LogP contribution is -2.11. The Kier molecular flexibility index (Phi) is 3.89. The van der Waals surface area contributed by atoms with Crippen molar-refractivity contribution in [3.05, 3.63) is 52.4 Å². The van der Waals surface area contributed by atoms with Crippen LogP contribution in [0.25, 0.3) is 6.08 Å². The number of carboxylic acids is 1. The number of aliphatic imine (C=N–C) groups is 1. The van der Waals surface area contributed by atoms with Crippen molar-refractivity contribution in [3.63, 3.8) is 0 Å². The van der Waals surface area contributed by atoms with Crippen LogP contribution in [0.1, 0.15) is 22.8 Å². The van der Waals surface area contributed by atoms with Gasteiger partial charge in [0.15, 0.2) is 5.76 Å². The predicted molar refractivity (Wildman–Crippen MR) is 76.2 cm³/mol. The van der Waals surface area contributed by atoms with Gasteiger partial charge in [0, 0.05) is 0 Å². The third kappa shape index (κ3) is 2.84. The number of hydrogen-bond acceptors (Lipinski definition) is 5. The van der Waals surface area contributed by atoms with Crippen molar-refractivity contribution in [2.45, 2.75) is 6.92 Å². The Morgan fingerprint density at radius 3 is 2.38 bits per heavy atom. The van der Waals surface area contributed by atoms with E-state index < -0.39 is 11.9 Å². The van der Waals surface area contributed by atoms with Gasteiger partial charge in [-0.05, 0) is 30.7 Å². The van der Waals surface area contributed by atoms with Crippen molar-refractivity contribution in [3.8, 4) is 0 Å². The van der Waals surface area contributed by atoms with Crippen LogP contribution in [0.5, 0.6) is 0 Å². The molecule has 0 aliphatic carbocycles. The highest BCUT2D eigenvalue weighted by atomic mass is 16.5. The Morgan fingerprint density at radius 1 is 1.24 bits per heavy atom. The summed E-state index contributed by atoms with van der Waals surface area (Å²) in [6.07, 6.45) is 1.56. The van der Waals surface area contributed by atoms with Gasteiger partial charge < -0.3 is 14.9 Å². The number of aromatic carboxylic acids is 1. The summed E-state index contributed by atoms with van der Waals surface area (Å²) in [4.78, 5) is 26.4. The summed E-state index contributed by atoms with van der Waals surface area (Å²) in [5.41, 5.74) is 1.46. The van der Waals surface area contributed by atoms with E-state index in [1.807, 2.05) is 0 Å². The smallest absolute Gasteiger partial charge is 0.343 e. The number of carbonyl (C=O) groups is 2. The van der Waals surface area contributed by atoms with Crippen LogP contribution in [0.4, 0.5) is 0 Å². The zero-order chi connectivity index (χ0) is 15.6. The molecule has 0 saturated heterocycles. The first-order chi connectivity index (χ1) is 9.93. The number of hydrogen-bond donors (Lipinski definition) is 2. The number of aliphatic hydroxyl groups is 1. The monoisotopic (exact) mass is 287 g/mol. The number of ether oxygens (including phenoxy) is 1. The molecule has 1 aromatic carbocycles. The number of carboxylic acid groups (broad SMARTS) is 1. The van der Waals surface area contributed by atoms with Crippen LogP contribution in [0.3, 0.4) is 0 Å². The molecule has 2 rings (SSSR count). The summed E-state index contributed by atoms with van der Waals surface area (Å²) < 4.78 is 4.59. The number of nitrogens with zero attached hydrogens (tertiary/aromatic N) is 1. The van der Waals surface area contributed by atoms with E-state index >= 15 is 0 Å². The molecule has 1 heterocycles. The molecule has 0 saturated carbocycles. The second-order valence-corrected chi connectivity index (χ2v) is 4.37. The van der Waals surface area contributed by atoms with Gasteiger partial charge in [-0.3, -0.25) is 0 Å². The number of benzene rings is 1. The molecule has 108 valence electrons. The van der Waals surface area contributed by atoms with Crippen molar-refractivity contribution >= 4 is 23.7 Å². The zero-order valence-electron chi connectivity index (χ0n) is 11.5. The van der Waals surface area contributed by atoms with E-state index in [-0.39, 0.29) is 22.6 Å². The molecular weight excluding hydrogens is 274 g/mol. The Hall–Kier alpha value is -2.89. The molecule has 0 unspecified atom stereocenters. The Balaban J connectivity index is 2.36. The van der Waals surface area contributed by atoms with Gasteiger partial charge >= 0.3 is 11.9 Å². The molecule has 0 fully saturated rings. The summed E-state index contributed by atoms with van der Waals surface area (Å²) in [7, 11) is 1.22. The number of methoxy groups -OCH3 is 1. The average molecular weight is 287 g/mol. The fourth-order valence-corrected chi connectivity index (χ4v) is 1.92. The van der Waals surface area contributed by atoms with Crippen LogP contribution in [0.2, 0.25) is 0 Å². The fourth-order valence-electron chi connectivity index (χ4n) is 1.92. The van der Waals surface area contributed by atoms with Crippen LogP contribution in [0, 0.1) is 0 Å². The standard InChI is InChI=1S/C15H13NO5/c1-8-12(15(20)21-2)13(17)11(16-8)7-9-3-5-10(6-4-9)14(18)19/h3-7,17H,1-2H3,(H,18,19)/b11-7+. The lowest BCUT2D eigenvalue weighted by molar-refractivity contribution is -0.135. The van der Waals surface area contributed by atoms with Gasteiger partial charge in [0.2, 0.25) is 0 Å². The molecule has 0 amide bonds. The molecule has 1 aromatic rings. The lowest BCUT2D eigenvalue weighted by Gasteiger charge is -2.01. The molecular formula is C15H13NO5. The van der Waals surface area contributed by atoms with Crippen LogP contribution in [-0.2, 0) is 9.53 Å². The predicted octanol–water partition coefficient (Wildman–Crippen LogP) is 2.19. The Bertz CT molecular complexity index is 695. The topological polar surface area (TPSA) is 96.2 Å². The second kappa shape index (κ2) is 5.62. The van der Waals surface area contributed by atoms with E-state index in [4.69, 9.17) is 5.11 Å². The highest BCUT2D eigenvalue weighted by molar-refractivity contribution is 6.21. The van der Waals surface area contributed by atoms with Crippen molar-refractivity contribution in [1.82, 2.24) is 0 Å². The minimum Gasteiger partial charge on any atom is -0.505 e. The van der Waals surface area contributed by atoms with Crippen molar-refractivity contribution in [2.24, 2.45) is 4.99 Å². The highest BCUT2D eigenvalue weighted by Crippen LogP contribution is 2.26. The van der Waals surface area contributed by atoms with Crippen molar-refractivity contribution < 1.29 is 24.5 Å². The number of carbonyl (C=O) groups excluding carboxylic acids is 1. The first kappa shape index (κ1) is 14.5. The van der Waals surface area contributed by atoms with Crippen LogP contribution < -0.4 is 0 Å². The maximum absolute atomic E-state index is 11.5. The molecule has 21 heavy (non-hydrogen) atoms.